The van der Waals surface area contributed by atoms with Crippen LogP contribution < -0.4 is 4.74 Å². The number of likely N-dealkylation sites (tertiary alicyclic amines) is 1. The molecule has 7 heteroatoms. The minimum absolute atomic E-state index is 0.0924. The lowest BCUT2D eigenvalue weighted by atomic mass is 9.93. The van der Waals surface area contributed by atoms with Crippen LogP contribution >= 0.6 is 0 Å². The zero-order valence-corrected chi connectivity index (χ0v) is 19.1. The Balaban J connectivity index is 1.36. The number of hydrogen-bond donors (Lipinski definition) is 0. The van der Waals surface area contributed by atoms with Crippen molar-refractivity contribution < 1.29 is 9.53 Å². The summed E-state index contributed by atoms with van der Waals surface area (Å²) in [6, 6.07) is 12.5. The van der Waals surface area contributed by atoms with Crippen molar-refractivity contribution in [1.29, 1.82) is 0 Å². The molecule has 1 atom stereocenters. The van der Waals surface area contributed by atoms with Gasteiger partial charge in [0, 0.05) is 30.9 Å². The van der Waals surface area contributed by atoms with Gasteiger partial charge in [-0.1, -0.05) is 18.2 Å². The third-order valence-electron chi connectivity index (χ3n) is 5.93. The fourth-order valence-electron chi connectivity index (χ4n) is 4.27. The van der Waals surface area contributed by atoms with E-state index in [1.54, 1.807) is 4.68 Å². The van der Waals surface area contributed by atoms with Crippen molar-refractivity contribution in [2.45, 2.75) is 52.5 Å². The van der Waals surface area contributed by atoms with Gasteiger partial charge in [-0.15, -0.1) is 0 Å². The second kappa shape index (κ2) is 9.94. The second-order valence-corrected chi connectivity index (χ2v) is 8.39. The van der Waals surface area contributed by atoms with Crippen LogP contribution in [0.25, 0.3) is 0 Å². The first kappa shape index (κ1) is 22.0. The van der Waals surface area contributed by atoms with Gasteiger partial charge >= 0.3 is 0 Å². The highest BCUT2D eigenvalue weighted by atomic mass is 16.5. The number of hydrogen-bond acceptors (Lipinski definition) is 5. The molecule has 1 aliphatic heterocycles. The van der Waals surface area contributed by atoms with Crippen LogP contribution in [-0.2, 0) is 17.8 Å². The van der Waals surface area contributed by atoms with Crippen molar-refractivity contribution in [3.63, 3.8) is 0 Å². The minimum atomic E-state index is 0.0924. The average Bonchev–Trinajstić information content (AvgIpc) is 3.12. The molecule has 1 fully saturated rings. The SMILES string of the molecule is CCOc1ccc(Cc2ccc(C3CCCN(C(=O)Cn4nc(C)nc4C)C3)nc2)cc1. The lowest BCUT2D eigenvalue weighted by Crippen LogP contribution is -2.41. The van der Waals surface area contributed by atoms with Gasteiger partial charge in [-0.2, -0.15) is 5.10 Å². The van der Waals surface area contributed by atoms with Crippen LogP contribution in [0, 0.1) is 13.8 Å². The van der Waals surface area contributed by atoms with Gasteiger partial charge in [-0.25, -0.2) is 9.67 Å². The van der Waals surface area contributed by atoms with Gasteiger partial charge in [-0.3, -0.25) is 9.78 Å². The van der Waals surface area contributed by atoms with Gasteiger partial charge in [0.1, 0.15) is 23.9 Å². The highest BCUT2D eigenvalue weighted by molar-refractivity contribution is 5.76. The monoisotopic (exact) mass is 433 g/mol. The summed E-state index contributed by atoms with van der Waals surface area (Å²) in [5.74, 6) is 2.73. The molecule has 0 spiro atoms. The number of carbonyl (C=O) groups is 1. The Morgan fingerprint density at radius 3 is 2.56 bits per heavy atom. The van der Waals surface area contributed by atoms with Crippen LogP contribution in [0.15, 0.2) is 42.6 Å². The molecule has 1 amide bonds. The smallest absolute Gasteiger partial charge is 0.244 e. The fraction of sp³-hybridized carbons (Fsp3) is 0.440. The minimum Gasteiger partial charge on any atom is -0.494 e. The van der Waals surface area contributed by atoms with Crippen molar-refractivity contribution in [3.05, 3.63) is 71.1 Å². The third kappa shape index (κ3) is 5.33. The number of aromatic nitrogens is 4. The van der Waals surface area contributed by atoms with Crippen molar-refractivity contribution in [1.82, 2.24) is 24.6 Å². The maximum absolute atomic E-state index is 12.8. The number of benzene rings is 1. The number of ether oxygens (including phenoxy) is 1. The number of amides is 1. The molecular formula is C25H31N5O2. The zero-order valence-electron chi connectivity index (χ0n) is 19.1. The van der Waals surface area contributed by atoms with Crippen LogP contribution in [0.1, 0.15) is 54.2 Å². The van der Waals surface area contributed by atoms with Gasteiger partial charge in [-0.05, 0) is 69.4 Å². The summed E-state index contributed by atoms with van der Waals surface area (Å²) < 4.78 is 7.20. The third-order valence-corrected chi connectivity index (χ3v) is 5.93. The van der Waals surface area contributed by atoms with Crippen molar-refractivity contribution in [3.8, 4) is 5.75 Å². The van der Waals surface area contributed by atoms with E-state index in [0.717, 1.165) is 43.1 Å². The van der Waals surface area contributed by atoms with Crippen LogP contribution in [0.2, 0.25) is 0 Å². The van der Waals surface area contributed by atoms with Crippen LogP contribution in [0.4, 0.5) is 0 Å². The normalized spacial score (nSPS) is 16.2. The highest BCUT2D eigenvalue weighted by Crippen LogP contribution is 2.26. The molecular weight excluding hydrogens is 402 g/mol. The van der Waals surface area contributed by atoms with Gasteiger partial charge < -0.3 is 9.64 Å². The number of pyridine rings is 1. The van der Waals surface area contributed by atoms with E-state index in [-0.39, 0.29) is 18.4 Å². The van der Waals surface area contributed by atoms with Gasteiger partial charge in [0.15, 0.2) is 0 Å². The Morgan fingerprint density at radius 2 is 1.91 bits per heavy atom. The van der Waals surface area contributed by atoms with Gasteiger partial charge in [0.05, 0.1) is 6.61 Å². The summed E-state index contributed by atoms with van der Waals surface area (Å²) in [6.45, 7) is 8.12. The first-order chi connectivity index (χ1) is 15.5. The van der Waals surface area contributed by atoms with E-state index in [0.29, 0.717) is 19.0 Å². The van der Waals surface area contributed by atoms with Gasteiger partial charge in [0.2, 0.25) is 5.91 Å². The molecule has 1 unspecified atom stereocenters. The standard InChI is InChI=1S/C25H31N5O2/c1-4-32-23-10-7-20(8-11-23)14-21-9-12-24(26-15-21)22-6-5-13-29(16-22)25(31)17-30-19(3)27-18(2)28-30/h7-12,15,22H,4-6,13-14,16-17H2,1-3H3. The molecule has 0 N–H and O–H groups in total. The quantitative estimate of drug-likeness (QED) is 0.568. The first-order valence-corrected chi connectivity index (χ1v) is 11.3. The summed E-state index contributed by atoms with van der Waals surface area (Å²) in [5.41, 5.74) is 3.47. The molecule has 1 saturated heterocycles. The Labute approximate surface area is 189 Å². The fourth-order valence-corrected chi connectivity index (χ4v) is 4.27. The number of aryl methyl sites for hydroxylation is 2. The number of carbonyl (C=O) groups excluding carboxylic acids is 1. The van der Waals surface area contributed by atoms with E-state index in [9.17, 15) is 4.79 Å². The Bertz CT molecular complexity index is 1040. The molecule has 3 aromatic rings. The van der Waals surface area contributed by atoms with E-state index in [1.807, 2.05) is 44.0 Å². The molecule has 4 rings (SSSR count). The van der Waals surface area contributed by atoms with E-state index >= 15 is 0 Å². The molecule has 1 aromatic carbocycles. The molecule has 3 heterocycles. The van der Waals surface area contributed by atoms with Crippen molar-refractivity contribution >= 4 is 5.91 Å². The Morgan fingerprint density at radius 1 is 1.12 bits per heavy atom. The van der Waals surface area contributed by atoms with E-state index < -0.39 is 0 Å². The number of piperidine rings is 1. The number of rotatable bonds is 7. The lowest BCUT2D eigenvalue weighted by Gasteiger charge is -2.32. The van der Waals surface area contributed by atoms with E-state index in [4.69, 9.17) is 9.72 Å². The maximum Gasteiger partial charge on any atom is 0.244 e. The second-order valence-electron chi connectivity index (χ2n) is 8.39. The predicted molar refractivity (Wildman–Crippen MR) is 123 cm³/mol. The molecule has 0 bridgehead atoms. The summed E-state index contributed by atoms with van der Waals surface area (Å²) in [7, 11) is 0. The molecule has 0 radical (unpaired) electrons. The van der Waals surface area contributed by atoms with Crippen LogP contribution in [-0.4, -0.2) is 50.3 Å². The topological polar surface area (TPSA) is 73.1 Å². The summed E-state index contributed by atoms with van der Waals surface area (Å²) in [5, 5.41) is 4.32. The largest absolute Gasteiger partial charge is 0.494 e. The molecule has 32 heavy (non-hydrogen) atoms. The van der Waals surface area contributed by atoms with Gasteiger partial charge in [0.25, 0.3) is 0 Å². The highest BCUT2D eigenvalue weighted by Gasteiger charge is 2.26. The summed E-state index contributed by atoms with van der Waals surface area (Å²) in [4.78, 5) is 23.8. The zero-order chi connectivity index (χ0) is 22.5. The van der Waals surface area contributed by atoms with E-state index in [1.165, 1.54) is 11.1 Å². The predicted octanol–water partition coefficient (Wildman–Crippen LogP) is 3.69. The first-order valence-electron chi connectivity index (χ1n) is 11.3. The molecule has 7 nitrogen and oxygen atoms in total. The summed E-state index contributed by atoms with van der Waals surface area (Å²) in [6.07, 6.45) is 4.84. The van der Waals surface area contributed by atoms with E-state index in [2.05, 4.69) is 34.3 Å². The Kier molecular flexibility index (Phi) is 6.83. The lowest BCUT2D eigenvalue weighted by molar-refractivity contribution is -0.133. The van der Waals surface area contributed by atoms with Crippen LogP contribution in [0.3, 0.4) is 0 Å². The number of nitrogens with zero attached hydrogens (tertiary/aromatic N) is 5. The summed E-state index contributed by atoms with van der Waals surface area (Å²) >= 11 is 0. The van der Waals surface area contributed by atoms with Crippen LogP contribution in [0.5, 0.6) is 5.75 Å². The average molecular weight is 434 g/mol. The molecule has 2 aromatic heterocycles. The molecule has 1 aliphatic rings. The molecule has 0 saturated carbocycles. The van der Waals surface area contributed by atoms with Crippen molar-refractivity contribution in [2.75, 3.05) is 19.7 Å². The Hall–Kier alpha value is -3.22. The van der Waals surface area contributed by atoms with Crippen molar-refractivity contribution in [2.24, 2.45) is 0 Å². The molecule has 168 valence electrons. The maximum atomic E-state index is 12.8. The molecule has 0 aliphatic carbocycles.